The lowest BCUT2D eigenvalue weighted by atomic mass is 10.1. The van der Waals surface area contributed by atoms with Crippen LogP contribution >= 0.6 is 0 Å². The van der Waals surface area contributed by atoms with Crippen LogP contribution in [0.4, 0.5) is 0 Å². The van der Waals surface area contributed by atoms with Crippen LogP contribution in [0.2, 0.25) is 0 Å². The first-order valence-electron chi connectivity index (χ1n) is 4.93. The lowest BCUT2D eigenvalue weighted by molar-refractivity contribution is -0.144. The summed E-state index contributed by atoms with van der Waals surface area (Å²) in [5, 5.41) is 0. The van der Waals surface area contributed by atoms with Gasteiger partial charge in [0.25, 0.3) is 0 Å². The Morgan fingerprint density at radius 1 is 1.31 bits per heavy atom. The lowest BCUT2D eigenvalue weighted by Crippen LogP contribution is -2.19. The largest absolute Gasteiger partial charge is 0.469 e. The number of rotatable bonds is 7. The van der Waals surface area contributed by atoms with E-state index in [0.717, 1.165) is 25.9 Å². The number of esters is 1. The molecule has 3 heteroatoms. The highest BCUT2D eigenvalue weighted by molar-refractivity contribution is 5.69. The molecule has 13 heavy (non-hydrogen) atoms. The Morgan fingerprint density at radius 3 is 2.46 bits per heavy atom. The van der Waals surface area contributed by atoms with Crippen LogP contribution in [0.5, 0.6) is 0 Å². The van der Waals surface area contributed by atoms with Crippen molar-refractivity contribution in [1.29, 1.82) is 0 Å². The number of carbonyl (C=O) groups excluding carboxylic acids is 1. The summed E-state index contributed by atoms with van der Waals surface area (Å²) in [4.78, 5) is 11.0. The van der Waals surface area contributed by atoms with Gasteiger partial charge < -0.3 is 9.47 Å². The van der Waals surface area contributed by atoms with E-state index in [1.807, 2.05) is 0 Å². The SMILES string of the molecule is CCCOC(CCC)CC(=O)OC. The molecule has 78 valence electrons. The number of hydrogen-bond acceptors (Lipinski definition) is 3. The summed E-state index contributed by atoms with van der Waals surface area (Å²) in [6.07, 6.45) is 3.36. The van der Waals surface area contributed by atoms with Gasteiger partial charge in [-0.2, -0.15) is 0 Å². The van der Waals surface area contributed by atoms with E-state index in [1.54, 1.807) is 0 Å². The van der Waals surface area contributed by atoms with Gasteiger partial charge in [-0.05, 0) is 12.8 Å². The molecule has 0 aromatic carbocycles. The van der Waals surface area contributed by atoms with E-state index in [0.29, 0.717) is 6.42 Å². The quantitative estimate of drug-likeness (QED) is 0.574. The molecule has 0 rings (SSSR count). The Bertz CT molecular complexity index is 134. The lowest BCUT2D eigenvalue weighted by Gasteiger charge is -2.15. The molecule has 0 N–H and O–H groups in total. The average molecular weight is 188 g/mol. The summed E-state index contributed by atoms with van der Waals surface area (Å²) >= 11 is 0. The Hall–Kier alpha value is -0.570. The molecule has 0 radical (unpaired) electrons. The van der Waals surface area contributed by atoms with E-state index in [2.05, 4.69) is 18.6 Å². The number of carbonyl (C=O) groups is 1. The minimum Gasteiger partial charge on any atom is -0.469 e. The van der Waals surface area contributed by atoms with E-state index in [-0.39, 0.29) is 12.1 Å². The molecule has 1 unspecified atom stereocenters. The van der Waals surface area contributed by atoms with Gasteiger partial charge in [0.1, 0.15) is 0 Å². The highest BCUT2D eigenvalue weighted by Gasteiger charge is 2.13. The fourth-order valence-corrected chi connectivity index (χ4v) is 1.12. The van der Waals surface area contributed by atoms with Gasteiger partial charge in [0.15, 0.2) is 0 Å². The summed E-state index contributed by atoms with van der Waals surface area (Å²) in [7, 11) is 1.41. The molecule has 0 aromatic rings. The van der Waals surface area contributed by atoms with Gasteiger partial charge in [-0.1, -0.05) is 20.3 Å². The second kappa shape index (κ2) is 8.05. The predicted octanol–water partition coefficient (Wildman–Crippen LogP) is 2.14. The van der Waals surface area contributed by atoms with Crippen molar-refractivity contribution >= 4 is 5.97 Å². The Morgan fingerprint density at radius 2 is 2.00 bits per heavy atom. The maximum Gasteiger partial charge on any atom is 0.308 e. The first kappa shape index (κ1) is 12.4. The van der Waals surface area contributed by atoms with Gasteiger partial charge in [0.05, 0.1) is 19.6 Å². The molecular weight excluding hydrogens is 168 g/mol. The van der Waals surface area contributed by atoms with E-state index < -0.39 is 0 Å². The predicted molar refractivity (Wildman–Crippen MR) is 51.6 cm³/mol. The summed E-state index contributed by atoms with van der Waals surface area (Å²) in [6.45, 7) is 4.86. The first-order valence-corrected chi connectivity index (χ1v) is 4.93. The summed E-state index contributed by atoms with van der Waals surface area (Å²) in [5.74, 6) is -0.186. The molecule has 0 bridgehead atoms. The van der Waals surface area contributed by atoms with Crippen LogP contribution in [-0.4, -0.2) is 25.8 Å². The minimum atomic E-state index is -0.186. The van der Waals surface area contributed by atoms with Crippen LogP contribution in [0.15, 0.2) is 0 Å². The van der Waals surface area contributed by atoms with Crippen molar-refractivity contribution < 1.29 is 14.3 Å². The van der Waals surface area contributed by atoms with Crippen LogP contribution in [0.1, 0.15) is 39.5 Å². The van der Waals surface area contributed by atoms with Crippen molar-refractivity contribution in [2.45, 2.75) is 45.6 Å². The molecule has 0 amide bonds. The Balaban J connectivity index is 3.71. The molecule has 0 aromatic heterocycles. The molecule has 0 heterocycles. The Labute approximate surface area is 80.4 Å². The van der Waals surface area contributed by atoms with Crippen LogP contribution in [0, 0.1) is 0 Å². The highest BCUT2D eigenvalue weighted by Crippen LogP contribution is 2.08. The molecule has 0 aliphatic rings. The van der Waals surface area contributed by atoms with Gasteiger partial charge in [-0.25, -0.2) is 0 Å². The van der Waals surface area contributed by atoms with Crippen molar-refractivity contribution in [3.63, 3.8) is 0 Å². The third-order valence-corrected chi connectivity index (χ3v) is 1.79. The van der Waals surface area contributed by atoms with E-state index in [4.69, 9.17) is 4.74 Å². The summed E-state index contributed by atoms with van der Waals surface area (Å²) in [6, 6.07) is 0. The van der Waals surface area contributed by atoms with Crippen molar-refractivity contribution in [3.8, 4) is 0 Å². The number of hydrogen-bond donors (Lipinski definition) is 0. The van der Waals surface area contributed by atoms with Crippen molar-refractivity contribution in [1.82, 2.24) is 0 Å². The van der Waals surface area contributed by atoms with Crippen LogP contribution in [0.3, 0.4) is 0 Å². The molecule has 0 aliphatic carbocycles. The van der Waals surface area contributed by atoms with Crippen LogP contribution in [0.25, 0.3) is 0 Å². The van der Waals surface area contributed by atoms with Gasteiger partial charge in [0.2, 0.25) is 0 Å². The fraction of sp³-hybridized carbons (Fsp3) is 0.900. The summed E-state index contributed by atoms with van der Waals surface area (Å²) in [5.41, 5.74) is 0. The second-order valence-electron chi connectivity index (χ2n) is 3.06. The minimum absolute atomic E-state index is 0.0393. The summed E-state index contributed by atoms with van der Waals surface area (Å²) < 4.78 is 10.1. The molecule has 0 spiro atoms. The van der Waals surface area contributed by atoms with Crippen molar-refractivity contribution in [3.05, 3.63) is 0 Å². The normalized spacial score (nSPS) is 12.5. The molecule has 0 fully saturated rings. The molecule has 1 atom stereocenters. The standard InChI is InChI=1S/C10H20O3/c1-4-6-9(13-7-5-2)8-10(11)12-3/h9H,4-8H2,1-3H3. The first-order chi connectivity index (χ1) is 6.24. The number of ether oxygens (including phenoxy) is 2. The highest BCUT2D eigenvalue weighted by atomic mass is 16.5. The zero-order chi connectivity index (χ0) is 10.1. The zero-order valence-corrected chi connectivity index (χ0v) is 8.84. The molecule has 0 aliphatic heterocycles. The average Bonchev–Trinajstić information content (AvgIpc) is 2.14. The van der Waals surface area contributed by atoms with Crippen molar-refractivity contribution in [2.24, 2.45) is 0 Å². The van der Waals surface area contributed by atoms with Gasteiger partial charge >= 0.3 is 5.97 Å². The Kier molecular flexibility index (Phi) is 7.69. The van der Waals surface area contributed by atoms with Crippen LogP contribution < -0.4 is 0 Å². The molecule has 0 saturated heterocycles. The molecule has 3 nitrogen and oxygen atoms in total. The number of methoxy groups -OCH3 is 1. The van der Waals surface area contributed by atoms with Gasteiger partial charge in [0, 0.05) is 6.61 Å². The van der Waals surface area contributed by atoms with E-state index in [9.17, 15) is 4.79 Å². The molecular formula is C10H20O3. The monoisotopic (exact) mass is 188 g/mol. The van der Waals surface area contributed by atoms with Gasteiger partial charge in [-0.3, -0.25) is 4.79 Å². The fourth-order valence-electron chi connectivity index (χ4n) is 1.12. The maximum absolute atomic E-state index is 11.0. The molecule has 0 saturated carbocycles. The van der Waals surface area contributed by atoms with Gasteiger partial charge in [-0.15, -0.1) is 0 Å². The topological polar surface area (TPSA) is 35.5 Å². The van der Waals surface area contributed by atoms with E-state index >= 15 is 0 Å². The smallest absolute Gasteiger partial charge is 0.308 e. The third-order valence-electron chi connectivity index (χ3n) is 1.79. The van der Waals surface area contributed by atoms with Crippen LogP contribution in [-0.2, 0) is 14.3 Å². The second-order valence-corrected chi connectivity index (χ2v) is 3.06. The third kappa shape index (κ3) is 6.58. The van der Waals surface area contributed by atoms with E-state index in [1.165, 1.54) is 7.11 Å². The zero-order valence-electron chi connectivity index (χ0n) is 8.84. The maximum atomic E-state index is 11.0. The van der Waals surface area contributed by atoms with Crippen molar-refractivity contribution in [2.75, 3.05) is 13.7 Å².